The van der Waals surface area contributed by atoms with Crippen LogP contribution in [0, 0.1) is 0 Å². The number of aromatic nitrogens is 2. The van der Waals surface area contributed by atoms with Crippen LogP contribution in [-0.2, 0) is 0 Å². The molecule has 0 radical (unpaired) electrons. The highest BCUT2D eigenvalue weighted by Crippen LogP contribution is 2.12. The Balaban J connectivity index is 0.000000247. The Hall–Kier alpha value is -3.94. The highest BCUT2D eigenvalue weighted by atomic mass is 16.4. The lowest BCUT2D eigenvalue weighted by Crippen LogP contribution is -2.10. The lowest BCUT2D eigenvalue weighted by molar-refractivity contribution is 0.0649. The molecule has 0 spiro atoms. The number of benzene rings is 2. The molecule has 134 valence electrons. The molecule has 0 unspecified atom stereocenters. The summed E-state index contributed by atoms with van der Waals surface area (Å²) in [5, 5.41) is 25.9. The number of hydrogen-bond donors (Lipinski definition) is 4. The molecule has 0 aliphatic carbocycles. The number of imidazole rings is 1. The molecule has 0 saturated heterocycles. The molecule has 0 aliphatic heterocycles. The maximum absolute atomic E-state index is 10.6. The van der Waals surface area contributed by atoms with Crippen molar-refractivity contribution >= 4 is 17.9 Å². The van der Waals surface area contributed by atoms with Crippen molar-refractivity contribution in [3.05, 3.63) is 90.0 Å². The monoisotopic (exact) mass is 356 g/mol. The minimum Gasteiger partial charge on any atom is -0.478 e. The molecule has 1 heterocycles. The van der Waals surface area contributed by atoms with E-state index in [2.05, 4.69) is 9.97 Å². The van der Waals surface area contributed by atoms with Gasteiger partial charge in [-0.3, -0.25) is 0 Å². The Kier molecular flexibility index (Phi) is 8.32. The molecule has 4 N–H and O–H groups in total. The first-order valence-corrected chi connectivity index (χ1v) is 7.20. The first-order valence-electron chi connectivity index (χ1n) is 7.20. The average Bonchev–Trinajstić information content (AvgIpc) is 3.23. The summed E-state index contributed by atoms with van der Waals surface area (Å²) < 4.78 is 0. The van der Waals surface area contributed by atoms with Crippen LogP contribution in [0.1, 0.15) is 31.1 Å². The van der Waals surface area contributed by atoms with Crippen LogP contribution in [0.15, 0.2) is 73.3 Å². The zero-order valence-electron chi connectivity index (χ0n) is 13.4. The molecule has 0 amide bonds. The number of nitrogens with zero attached hydrogens (tertiary/aromatic N) is 1. The summed E-state index contributed by atoms with van der Waals surface area (Å²) >= 11 is 0. The first-order chi connectivity index (χ1) is 12.4. The Morgan fingerprint density at radius 3 is 1.62 bits per heavy atom. The quantitative estimate of drug-likeness (QED) is 0.565. The molecule has 3 aromatic rings. The van der Waals surface area contributed by atoms with Gasteiger partial charge >= 0.3 is 17.9 Å². The predicted molar refractivity (Wildman–Crippen MR) is 92.3 cm³/mol. The predicted octanol–water partition coefficient (Wildman–Crippen LogP) is 2.88. The van der Waals surface area contributed by atoms with E-state index in [1.807, 2.05) is 36.4 Å². The zero-order valence-corrected chi connectivity index (χ0v) is 13.4. The van der Waals surface area contributed by atoms with E-state index >= 15 is 0 Å². The fraction of sp³-hybridized carbons (Fsp3) is 0. The van der Waals surface area contributed by atoms with Gasteiger partial charge in [0.1, 0.15) is 0 Å². The van der Waals surface area contributed by atoms with Gasteiger partial charge in [0.15, 0.2) is 0 Å². The SMILES string of the molecule is O=C(O)c1ccc(C(=O)O)c(C(=O)O)c1.c1c[nH]cn1.c1ccccc1. The van der Waals surface area contributed by atoms with Gasteiger partial charge in [0, 0.05) is 12.4 Å². The number of aromatic amines is 1. The maximum atomic E-state index is 10.6. The second-order valence-electron chi connectivity index (χ2n) is 4.59. The highest BCUT2D eigenvalue weighted by Gasteiger charge is 2.17. The smallest absolute Gasteiger partial charge is 0.336 e. The topological polar surface area (TPSA) is 141 Å². The van der Waals surface area contributed by atoms with E-state index in [1.165, 1.54) is 0 Å². The third-order valence-corrected chi connectivity index (χ3v) is 2.80. The van der Waals surface area contributed by atoms with E-state index in [4.69, 9.17) is 15.3 Å². The summed E-state index contributed by atoms with van der Waals surface area (Å²) in [5.74, 6) is -4.20. The second-order valence-corrected chi connectivity index (χ2v) is 4.59. The molecule has 8 nitrogen and oxygen atoms in total. The van der Waals surface area contributed by atoms with Crippen molar-refractivity contribution in [2.45, 2.75) is 0 Å². The number of hydrogen-bond acceptors (Lipinski definition) is 4. The van der Waals surface area contributed by atoms with Crippen molar-refractivity contribution in [3.8, 4) is 0 Å². The standard InChI is InChI=1S/C9H6O6.C6H6.C3H4N2/c10-7(11)4-1-2-5(8(12)13)6(3-4)9(14)15;1-2-4-6-5-3-1;1-2-5-3-4-1/h1-3H,(H,10,11)(H,12,13)(H,14,15);1-6H;1-3H,(H,4,5). The number of H-pyrrole nitrogens is 1. The molecular weight excluding hydrogens is 340 g/mol. The van der Waals surface area contributed by atoms with Crippen LogP contribution in [0.5, 0.6) is 0 Å². The summed E-state index contributed by atoms with van der Waals surface area (Å²) in [6.45, 7) is 0. The van der Waals surface area contributed by atoms with Gasteiger partial charge in [-0.1, -0.05) is 36.4 Å². The Morgan fingerprint density at radius 2 is 1.31 bits per heavy atom. The van der Waals surface area contributed by atoms with E-state index in [0.29, 0.717) is 0 Å². The molecule has 0 saturated carbocycles. The van der Waals surface area contributed by atoms with Gasteiger partial charge in [-0.25, -0.2) is 19.4 Å². The second kappa shape index (κ2) is 10.8. The van der Waals surface area contributed by atoms with Crippen molar-refractivity contribution in [3.63, 3.8) is 0 Å². The van der Waals surface area contributed by atoms with E-state index < -0.39 is 29.0 Å². The van der Waals surface area contributed by atoms with Gasteiger partial charge in [0.05, 0.1) is 23.0 Å². The molecular formula is C18H16N2O6. The van der Waals surface area contributed by atoms with E-state index in [0.717, 1.165) is 18.2 Å². The van der Waals surface area contributed by atoms with Gasteiger partial charge in [0.25, 0.3) is 0 Å². The summed E-state index contributed by atoms with van der Waals surface area (Å²) in [6.07, 6.45) is 5.08. The fourth-order valence-electron chi connectivity index (χ4n) is 1.64. The summed E-state index contributed by atoms with van der Waals surface area (Å²) in [7, 11) is 0. The molecule has 0 aliphatic rings. The van der Waals surface area contributed by atoms with Crippen molar-refractivity contribution < 1.29 is 29.7 Å². The zero-order chi connectivity index (χ0) is 19.4. The number of nitrogens with one attached hydrogen (secondary N) is 1. The van der Waals surface area contributed by atoms with Crippen LogP contribution in [0.2, 0.25) is 0 Å². The third-order valence-electron chi connectivity index (χ3n) is 2.80. The minimum absolute atomic E-state index is 0.266. The molecule has 3 rings (SSSR count). The number of carboxylic acids is 3. The van der Waals surface area contributed by atoms with E-state index in [1.54, 1.807) is 18.7 Å². The lowest BCUT2D eigenvalue weighted by Gasteiger charge is -2.02. The largest absolute Gasteiger partial charge is 0.478 e. The van der Waals surface area contributed by atoms with Crippen LogP contribution < -0.4 is 0 Å². The minimum atomic E-state index is -1.48. The summed E-state index contributed by atoms with van der Waals surface area (Å²) in [6, 6.07) is 14.8. The van der Waals surface area contributed by atoms with Gasteiger partial charge < -0.3 is 20.3 Å². The normalized spacial score (nSPS) is 8.92. The van der Waals surface area contributed by atoms with Gasteiger partial charge in [-0.15, -0.1) is 0 Å². The van der Waals surface area contributed by atoms with Gasteiger partial charge in [-0.2, -0.15) is 0 Å². The van der Waals surface area contributed by atoms with Crippen molar-refractivity contribution in [1.29, 1.82) is 0 Å². The highest BCUT2D eigenvalue weighted by molar-refractivity contribution is 6.03. The molecule has 8 heteroatoms. The Morgan fingerprint density at radius 1 is 0.769 bits per heavy atom. The number of aromatic carboxylic acids is 3. The number of carbonyl (C=O) groups is 3. The van der Waals surface area contributed by atoms with Crippen molar-refractivity contribution in [1.82, 2.24) is 9.97 Å². The van der Waals surface area contributed by atoms with Crippen molar-refractivity contribution in [2.24, 2.45) is 0 Å². The molecule has 2 aromatic carbocycles. The Bertz CT molecular complexity index is 788. The fourth-order valence-corrected chi connectivity index (χ4v) is 1.64. The molecule has 26 heavy (non-hydrogen) atoms. The van der Waals surface area contributed by atoms with Crippen LogP contribution in [-0.4, -0.2) is 43.2 Å². The van der Waals surface area contributed by atoms with Crippen LogP contribution >= 0.6 is 0 Å². The number of carboxylic acid groups (broad SMARTS) is 3. The third kappa shape index (κ3) is 7.09. The number of rotatable bonds is 3. The van der Waals surface area contributed by atoms with E-state index in [-0.39, 0.29) is 5.56 Å². The Labute approximate surface area is 148 Å². The van der Waals surface area contributed by atoms with E-state index in [9.17, 15) is 14.4 Å². The van der Waals surface area contributed by atoms with Crippen LogP contribution in [0.4, 0.5) is 0 Å². The lowest BCUT2D eigenvalue weighted by atomic mass is 10.0. The molecule has 0 fully saturated rings. The van der Waals surface area contributed by atoms with Crippen LogP contribution in [0.25, 0.3) is 0 Å². The maximum Gasteiger partial charge on any atom is 0.336 e. The van der Waals surface area contributed by atoms with Crippen LogP contribution in [0.3, 0.4) is 0 Å². The molecule has 0 bridgehead atoms. The summed E-state index contributed by atoms with van der Waals surface area (Å²) in [5.41, 5.74) is -1.24. The molecule has 0 atom stereocenters. The molecule has 1 aromatic heterocycles. The van der Waals surface area contributed by atoms with Crippen molar-refractivity contribution in [2.75, 3.05) is 0 Å². The average molecular weight is 356 g/mol. The first kappa shape index (κ1) is 20.1. The van der Waals surface area contributed by atoms with Gasteiger partial charge in [-0.05, 0) is 18.2 Å². The summed E-state index contributed by atoms with van der Waals surface area (Å²) in [4.78, 5) is 38.2. The van der Waals surface area contributed by atoms with Gasteiger partial charge in [0.2, 0.25) is 0 Å².